The van der Waals surface area contributed by atoms with Gasteiger partial charge in [-0.2, -0.15) is 0 Å². The van der Waals surface area contributed by atoms with Crippen LogP contribution < -0.4 is 14.4 Å². The summed E-state index contributed by atoms with van der Waals surface area (Å²) in [5, 5.41) is 0. The Morgan fingerprint density at radius 2 is 1.96 bits per heavy atom. The second kappa shape index (κ2) is 5.66. The molecule has 1 saturated heterocycles. The fraction of sp³-hybridized carbons (Fsp3) is 0.381. The van der Waals surface area contributed by atoms with Gasteiger partial charge in [0.2, 0.25) is 6.79 Å². The maximum atomic E-state index is 13.2. The van der Waals surface area contributed by atoms with Crippen LogP contribution >= 0.6 is 0 Å². The van der Waals surface area contributed by atoms with Crippen molar-refractivity contribution in [2.75, 3.05) is 24.8 Å². The predicted octanol–water partition coefficient (Wildman–Crippen LogP) is 3.43. The van der Waals surface area contributed by atoms with Crippen molar-refractivity contribution in [3.05, 3.63) is 53.6 Å². The molecule has 2 aromatic carbocycles. The Morgan fingerprint density at radius 1 is 1.12 bits per heavy atom. The third kappa shape index (κ3) is 2.19. The summed E-state index contributed by atoms with van der Waals surface area (Å²) in [6, 6.07) is 14.0. The fourth-order valence-electron chi connectivity index (χ4n) is 4.54. The number of hydrogen-bond acceptors (Lipinski definition) is 4. The lowest BCUT2D eigenvalue weighted by Gasteiger charge is -2.50. The molecule has 5 rings (SSSR count). The molecule has 3 heterocycles. The summed E-state index contributed by atoms with van der Waals surface area (Å²) in [5.41, 5.74) is 2.82. The van der Waals surface area contributed by atoms with Crippen LogP contribution in [0.4, 0.5) is 5.69 Å². The van der Waals surface area contributed by atoms with Crippen LogP contribution in [-0.4, -0.2) is 36.4 Å². The van der Waals surface area contributed by atoms with Crippen LogP contribution in [0, 0.1) is 0 Å². The summed E-state index contributed by atoms with van der Waals surface area (Å²) >= 11 is 0. The molecule has 0 bridgehead atoms. The molecule has 0 radical (unpaired) electrons. The Morgan fingerprint density at radius 3 is 2.88 bits per heavy atom. The molecular formula is C21H22N2O3. The average molecular weight is 350 g/mol. The minimum Gasteiger partial charge on any atom is -0.454 e. The van der Waals surface area contributed by atoms with E-state index in [1.165, 1.54) is 0 Å². The molecule has 0 N–H and O–H groups in total. The van der Waals surface area contributed by atoms with Gasteiger partial charge in [0.15, 0.2) is 11.5 Å². The SMILES string of the molecule is CC12CCCN1c1ccccc1C(=O)N2CCc1ccc2c(c1)OCO2. The number of fused-ring (bicyclic) bond motifs is 4. The number of para-hydroxylation sites is 1. The van der Waals surface area contributed by atoms with Gasteiger partial charge in [-0.05, 0) is 56.0 Å². The fourth-order valence-corrected chi connectivity index (χ4v) is 4.54. The van der Waals surface area contributed by atoms with Crippen molar-refractivity contribution in [1.82, 2.24) is 4.90 Å². The Bertz CT molecular complexity index is 881. The molecule has 0 spiro atoms. The number of carbonyl (C=O) groups excluding carboxylic acids is 1. The Balaban J connectivity index is 1.44. The van der Waals surface area contributed by atoms with Gasteiger partial charge in [0.25, 0.3) is 5.91 Å². The van der Waals surface area contributed by atoms with Crippen LogP contribution in [0.5, 0.6) is 11.5 Å². The van der Waals surface area contributed by atoms with E-state index in [9.17, 15) is 4.79 Å². The zero-order chi connectivity index (χ0) is 17.7. The lowest BCUT2D eigenvalue weighted by molar-refractivity contribution is 0.0502. The molecule has 2 aromatic rings. The highest BCUT2D eigenvalue weighted by atomic mass is 16.7. The Hall–Kier alpha value is -2.69. The van der Waals surface area contributed by atoms with Gasteiger partial charge in [-0.25, -0.2) is 0 Å². The molecule has 1 unspecified atom stereocenters. The number of anilines is 1. The van der Waals surface area contributed by atoms with Gasteiger partial charge in [-0.3, -0.25) is 4.79 Å². The first-order valence-electron chi connectivity index (χ1n) is 9.24. The van der Waals surface area contributed by atoms with Crippen molar-refractivity contribution in [3.63, 3.8) is 0 Å². The number of benzene rings is 2. The highest BCUT2D eigenvalue weighted by molar-refractivity contribution is 6.02. The first-order chi connectivity index (χ1) is 12.7. The summed E-state index contributed by atoms with van der Waals surface area (Å²) in [5.74, 6) is 1.74. The Kier molecular flexibility index (Phi) is 3.39. The third-order valence-corrected chi connectivity index (χ3v) is 5.93. The van der Waals surface area contributed by atoms with E-state index in [0.29, 0.717) is 6.54 Å². The summed E-state index contributed by atoms with van der Waals surface area (Å²) in [6.07, 6.45) is 2.92. The zero-order valence-corrected chi connectivity index (χ0v) is 14.9. The number of hydrogen-bond donors (Lipinski definition) is 0. The summed E-state index contributed by atoms with van der Waals surface area (Å²) in [6.45, 7) is 4.18. The van der Waals surface area contributed by atoms with E-state index < -0.39 is 0 Å². The monoisotopic (exact) mass is 350 g/mol. The maximum absolute atomic E-state index is 13.2. The van der Waals surface area contributed by atoms with Crippen molar-refractivity contribution in [1.29, 1.82) is 0 Å². The van der Waals surface area contributed by atoms with Crippen LogP contribution in [-0.2, 0) is 6.42 Å². The van der Waals surface area contributed by atoms with Crippen LogP contribution in [0.15, 0.2) is 42.5 Å². The van der Waals surface area contributed by atoms with Gasteiger partial charge in [0.1, 0.15) is 5.66 Å². The van der Waals surface area contributed by atoms with E-state index in [1.54, 1.807) is 0 Å². The van der Waals surface area contributed by atoms with Crippen molar-refractivity contribution in [2.45, 2.75) is 31.8 Å². The van der Waals surface area contributed by atoms with Crippen molar-refractivity contribution < 1.29 is 14.3 Å². The van der Waals surface area contributed by atoms with Gasteiger partial charge < -0.3 is 19.3 Å². The smallest absolute Gasteiger partial charge is 0.257 e. The second-order valence-electron chi connectivity index (χ2n) is 7.38. The van der Waals surface area contributed by atoms with Crippen LogP contribution in [0.2, 0.25) is 0 Å². The highest BCUT2D eigenvalue weighted by Gasteiger charge is 2.48. The van der Waals surface area contributed by atoms with E-state index in [-0.39, 0.29) is 18.4 Å². The first kappa shape index (κ1) is 15.6. The lowest BCUT2D eigenvalue weighted by atomic mass is 9.97. The van der Waals surface area contributed by atoms with Crippen LogP contribution in [0.3, 0.4) is 0 Å². The van der Waals surface area contributed by atoms with Crippen molar-refractivity contribution in [3.8, 4) is 11.5 Å². The van der Waals surface area contributed by atoms with Gasteiger partial charge in [0, 0.05) is 13.1 Å². The molecule has 0 aliphatic carbocycles. The van der Waals surface area contributed by atoms with Gasteiger partial charge in [0.05, 0.1) is 11.3 Å². The minimum absolute atomic E-state index is 0.141. The number of carbonyl (C=O) groups is 1. The largest absolute Gasteiger partial charge is 0.454 e. The van der Waals surface area contributed by atoms with Crippen molar-refractivity contribution >= 4 is 11.6 Å². The van der Waals surface area contributed by atoms with Crippen molar-refractivity contribution in [2.24, 2.45) is 0 Å². The Labute approximate surface area is 153 Å². The van der Waals surface area contributed by atoms with E-state index in [0.717, 1.165) is 54.1 Å². The maximum Gasteiger partial charge on any atom is 0.257 e. The average Bonchev–Trinajstić information content (AvgIpc) is 3.28. The van der Waals surface area contributed by atoms with E-state index >= 15 is 0 Å². The van der Waals surface area contributed by atoms with Gasteiger partial charge >= 0.3 is 0 Å². The quantitative estimate of drug-likeness (QED) is 0.850. The zero-order valence-electron chi connectivity index (χ0n) is 14.9. The number of amides is 1. The topological polar surface area (TPSA) is 42.0 Å². The summed E-state index contributed by atoms with van der Waals surface area (Å²) in [7, 11) is 0. The highest BCUT2D eigenvalue weighted by Crippen LogP contribution is 2.43. The molecule has 1 amide bonds. The lowest BCUT2D eigenvalue weighted by Crippen LogP contribution is -2.61. The molecule has 3 aliphatic heterocycles. The molecule has 1 fully saturated rings. The number of ether oxygens (including phenoxy) is 2. The predicted molar refractivity (Wildman–Crippen MR) is 98.7 cm³/mol. The standard InChI is InChI=1S/C21H22N2O3/c1-21-10-4-11-22(21)17-6-3-2-5-16(17)20(24)23(21)12-9-15-7-8-18-19(13-15)26-14-25-18/h2-3,5-8,13H,4,9-12,14H2,1H3. The van der Waals surface area contributed by atoms with Crippen LogP contribution in [0.1, 0.15) is 35.7 Å². The summed E-state index contributed by atoms with van der Waals surface area (Å²) in [4.78, 5) is 17.7. The van der Waals surface area contributed by atoms with Crippen LogP contribution in [0.25, 0.3) is 0 Å². The number of rotatable bonds is 3. The molecule has 1 atom stereocenters. The van der Waals surface area contributed by atoms with Gasteiger partial charge in [-0.1, -0.05) is 18.2 Å². The molecule has 5 nitrogen and oxygen atoms in total. The van der Waals surface area contributed by atoms with E-state index in [2.05, 4.69) is 28.9 Å². The minimum atomic E-state index is -0.234. The van der Waals surface area contributed by atoms with E-state index in [4.69, 9.17) is 9.47 Å². The normalized spacial score (nSPS) is 23.2. The molecule has 26 heavy (non-hydrogen) atoms. The summed E-state index contributed by atoms with van der Waals surface area (Å²) < 4.78 is 10.9. The number of nitrogens with zero attached hydrogens (tertiary/aromatic N) is 2. The molecule has 5 heteroatoms. The molecular weight excluding hydrogens is 328 g/mol. The molecule has 3 aliphatic rings. The molecule has 0 aromatic heterocycles. The third-order valence-electron chi connectivity index (χ3n) is 5.93. The molecule has 134 valence electrons. The second-order valence-corrected chi connectivity index (χ2v) is 7.38. The van der Waals surface area contributed by atoms with Gasteiger partial charge in [-0.15, -0.1) is 0 Å². The first-order valence-corrected chi connectivity index (χ1v) is 9.24. The molecule has 0 saturated carbocycles. The van der Waals surface area contributed by atoms with E-state index in [1.807, 2.05) is 30.3 Å².